The van der Waals surface area contributed by atoms with Crippen molar-refractivity contribution in [1.29, 1.82) is 5.26 Å². The van der Waals surface area contributed by atoms with Crippen LogP contribution in [-0.2, 0) is 14.0 Å². The molecule has 29 heavy (non-hydrogen) atoms. The van der Waals surface area contributed by atoms with E-state index in [0.29, 0.717) is 29.9 Å². The average molecular weight is 400 g/mol. The lowest BCUT2D eigenvalue weighted by Crippen LogP contribution is -2.57. The zero-order valence-electron chi connectivity index (χ0n) is 18.2. The smallest absolute Gasteiger partial charge is 0.487 e. The molecule has 0 N–H and O–H groups in total. The SMILES string of the molecule is CC(C)(C)OC(=O)N1CC(Oc2ccc(C#N)cc2B2OC(C)(C)C(C)(C)O2)C1. The molecule has 0 atom stereocenters. The van der Waals surface area contributed by atoms with Crippen molar-refractivity contribution in [3.8, 4) is 11.8 Å². The summed E-state index contributed by atoms with van der Waals surface area (Å²) in [6.45, 7) is 14.3. The highest BCUT2D eigenvalue weighted by Gasteiger charge is 2.52. The van der Waals surface area contributed by atoms with E-state index in [-0.39, 0.29) is 12.2 Å². The van der Waals surface area contributed by atoms with Crippen molar-refractivity contribution in [2.45, 2.75) is 71.4 Å². The number of nitrogens with zero attached hydrogens (tertiary/aromatic N) is 2. The summed E-state index contributed by atoms with van der Waals surface area (Å²) in [7, 11) is -0.634. The Labute approximate surface area is 173 Å². The molecule has 0 spiro atoms. The number of carbonyl (C=O) groups excluding carboxylic acids is 1. The van der Waals surface area contributed by atoms with E-state index in [4.69, 9.17) is 18.8 Å². The summed E-state index contributed by atoms with van der Waals surface area (Å²) in [4.78, 5) is 13.7. The van der Waals surface area contributed by atoms with E-state index in [1.807, 2.05) is 48.5 Å². The first-order chi connectivity index (χ1) is 13.3. The first kappa shape index (κ1) is 21.5. The standard InChI is InChI=1S/C21H29BN2O5/c1-19(2,3)27-18(25)24-12-15(13-24)26-17-9-8-14(11-23)10-16(17)22-28-20(4,5)21(6,7)29-22/h8-10,15H,12-13H2,1-7H3. The average Bonchev–Trinajstić information content (AvgIpc) is 2.76. The molecule has 1 amide bonds. The summed E-state index contributed by atoms with van der Waals surface area (Å²) in [5, 5.41) is 9.30. The summed E-state index contributed by atoms with van der Waals surface area (Å²) >= 11 is 0. The Morgan fingerprint density at radius 1 is 1.21 bits per heavy atom. The van der Waals surface area contributed by atoms with Gasteiger partial charge in [0, 0.05) is 5.46 Å². The van der Waals surface area contributed by atoms with Gasteiger partial charge in [0.05, 0.1) is 35.9 Å². The number of rotatable bonds is 3. The first-order valence-electron chi connectivity index (χ1n) is 9.85. The van der Waals surface area contributed by atoms with Crippen LogP contribution in [0.1, 0.15) is 54.0 Å². The first-order valence-corrected chi connectivity index (χ1v) is 9.85. The predicted octanol–water partition coefficient (Wildman–Crippen LogP) is 2.86. The lowest BCUT2D eigenvalue weighted by Gasteiger charge is -2.39. The third-order valence-corrected chi connectivity index (χ3v) is 5.44. The molecule has 7 nitrogen and oxygen atoms in total. The van der Waals surface area contributed by atoms with Gasteiger partial charge in [0.15, 0.2) is 0 Å². The highest BCUT2D eigenvalue weighted by Crippen LogP contribution is 2.37. The second-order valence-corrected chi connectivity index (χ2v) is 9.58. The van der Waals surface area contributed by atoms with Gasteiger partial charge in [0.1, 0.15) is 17.5 Å². The van der Waals surface area contributed by atoms with Crippen LogP contribution in [-0.4, -0.2) is 54.1 Å². The van der Waals surface area contributed by atoms with Crippen molar-refractivity contribution >= 4 is 18.7 Å². The van der Waals surface area contributed by atoms with Crippen molar-refractivity contribution in [2.75, 3.05) is 13.1 Å². The maximum absolute atomic E-state index is 12.1. The fourth-order valence-electron chi connectivity index (χ4n) is 3.05. The number of amides is 1. The number of benzene rings is 1. The zero-order valence-corrected chi connectivity index (χ0v) is 18.2. The maximum atomic E-state index is 12.1. The van der Waals surface area contributed by atoms with Crippen molar-refractivity contribution < 1.29 is 23.6 Å². The summed E-state index contributed by atoms with van der Waals surface area (Å²) < 4.78 is 23.8. The summed E-state index contributed by atoms with van der Waals surface area (Å²) in [6, 6.07) is 7.35. The molecule has 2 fully saturated rings. The summed E-state index contributed by atoms with van der Waals surface area (Å²) in [6.07, 6.45) is -0.500. The number of hydrogen-bond donors (Lipinski definition) is 0. The van der Waals surface area contributed by atoms with Gasteiger partial charge in [0.2, 0.25) is 0 Å². The molecule has 3 rings (SSSR count). The minimum absolute atomic E-state index is 0.156. The second-order valence-electron chi connectivity index (χ2n) is 9.58. The molecular formula is C21H29BN2O5. The number of ether oxygens (including phenoxy) is 2. The van der Waals surface area contributed by atoms with Crippen LogP contribution in [0, 0.1) is 11.3 Å². The van der Waals surface area contributed by atoms with Crippen LogP contribution in [0.15, 0.2) is 18.2 Å². The molecule has 0 radical (unpaired) electrons. The Morgan fingerprint density at radius 2 is 1.79 bits per heavy atom. The molecule has 1 aromatic rings. The Bertz CT molecular complexity index is 818. The summed E-state index contributed by atoms with van der Waals surface area (Å²) in [5.41, 5.74) is -0.340. The van der Waals surface area contributed by atoms with Crippen molar-refractivity contribution in [2.24, 2.45) is 0 Å². The van der Waals surface area contributed by atoms with E-state index in [2.05, 4.69) is 6.07 Å². The lowest BCUT2D eigenvalue weighted by molar-refractivity contribution is -0.0219. The maximum Gasteiger partial charge on any atom is 0.498 e. The highest BCUT2D eigenvalue weighted by molar-refractivity contribution is 6.63. The largest absolute Gasteiger partial charge is 0.498 e. The molecule has 0 aromatic heterocycles. The topological polar surface area (TPSA) is 81.0 Å². The number of likely N-dealkylation sites (tertiary alicyclic amines) is 1. The molecule has 2 aliphatic heterocycles. The highest BCUT2D eigenvalue weighted by atomic mass is 16.7. The van der Waals surface area contributed by atoms with Gasteiger partial charge >= 0.3 is 13.2 Å². The number of hydrogen-bond acceptors (Lipinski definition) is 6. The van der Waals surface area contributed by atoms with Gasteiger partial charge in [-0.25, -0.2) is 4.79 Å². The fourth-order valence-corrected chi connectivity index (χ4v) is 3.05. The van der Waals surface area contributed by atoms with Gasteiger partial charge in [-0.2, -0.15) is 5.26 Å². The van der Waals surface area contributed by atoms with Crippen LogP contribution >= 0.6 is 0 Å². The van der Waals surface area contributed by atoms with E-state index in [1.165, 1.54) is 0 Å². The predicted molar refractivity (Wildman–Crippen MR) is 109 cm³/mol. The Hall–Kier alpha value is -2.24. The van der Waals surface area contributed by atoms with Crippen LogP contribution in [0.3, 0.4) is 0 Å². The van der Waals surface area contributed by atoms with Crippen molar-refractivity contribution in [3.05, 3.63) is 23.8 Å². The molecule has 0 aliphatic carbocycles. The molecule has 1 aromatic carbocycles. The molecule has 2 saturated heterocycles. The van der Waals surface area contributed by atoms with Gasteiger partial charge in [0.25, 0.3) is 0 Å². The van der Waals surface area contributed by atoms with Crippen LogP contribution in [0.25, 0.3) is 0 Å². The van der Waals surface area contributed by atoms with E-state index in [0.717, 1.165) is 0 Å². The molecule has 0 bridgehead atoms. The van der Waals surface area contributed by atoms with E-state index in [9.17, 15) is 10.1 Å². The van der Waals surface area contributed by atoms with E-state index < -0.39 is 23.9 Å². The quantitative estimate of drug-likeness (QED) is 0.726. The summed E-state index contributed by atoms with van der Waals surface area (Å²) in [5.74, 6) is 0.594. The normalized spacial score (nSPS) is 20.8. The lowest BCUT2D eigenvalue weighted by atomic mass is 9.77. The molecule has 0 unspecified atom stereocenters. The Kier molecular flexibility index (Phi) is 5.35. The van der Waals surface area contributed by atoms with Crippen LogP contribution in [0.5, 0.6) is 5.75 Å². The van der Waals surface area contributed by atoms with Crippen LogP contribution in [0.4, 0.5) is 4.79 Å². The molecular weight excluding hydrogens is 371 g/mol. The van der Waals surface area contributed by atoms with Crippen LogP contribution in [0.2, 0.25) is 0 Å². The van der Waals surface area contributed by atoms with Gasteiger partial charge in [-0.15, -0.1) is 0 Å². The zero-order chi connectivity index (χ0) is 21.6. The molecule has 8 heteroatoms. The minimum atomic E-state index is -0.634. The fraction of sp³-hybridized carbons (Fsp3) is 0.619. The van der Waals surface area contributed by atoms with Gasteiger partial charge in [-0.05, 0) is 66.7 Å². The van der Waals surface area contributed by atoms with E-state index in [1.54, 1.807) is 23.1 Å². The second kappa shape index (κ2) is 7.23. The number of carbonyl (C=O) groups is 1. The van der Waals surface area contributed by atoms with Gasteiger partial charge < -0.3 is 23.7 Å². The molecule has 156 valence electrons. The third kappa shape index (κ3) is 4.52. The molecule has 2 heterocycles. The van der Waals surface area contributed by atoms with E-state index >= 15 is 0 Å². The Balaban J connectivity index is 1.72. The Morgan fingerprint density at radius 3 is 2.31 bits per heavy atom. The van der Waals surface area contributed by atoms with Crippen molar-refractivity contribution in [3.63, 3.8) is 0 Å². The number of nitriles is 1. The molecule has 2 aliphatic rings. The minimum Gasteiger partial charge on any atom is -0.487 e. The third-order valence-electron chi connectivity index (χ3n) is 5.44. The monoisotopic (exact) mass is 400 g/mol. The molecule has 0 saturated carbocycles. The van der Waals surface area contributed by atoms with Gasteiger partial charge in [-0.3, -0.25) is 0 Å². The van der Waals surface area contributed by atoms with Crippen LogP contribution < -0.4 is 10.2 Å². The van der Waals surface area contributed by atoms with Gasteiger partial charge in [-0.1, -0.05) is 0 Å². The van der Waals surface area contributed by atoms with Crippen molar-refractivity contribution in [1.82, 2.24) is 4.90 Å².